The fraction of sp³-hybridized carbons (Fsp3) is 0.562. The number of ether oxygens (including phenoxy) is 1. The molecule has 0 bridgehead atoms. The van der Waals surface area contributed by atoms with Gasteiger partial charge in [0, 0.05) is 12.1 Å². The van der Waals surface area contributed by atoms with E-state index in [0.29, 0.717) is 18.9 Å². The number of rotatable bonds is 5. The maximum atomic E-state index is 11.7. The number of nitrogens with two attached hydrogens (primary N) is 1. The third-order valence-electron chi connectivity index (χ3n) is 3.78. The van der Waals surface area contributed by atoms with Gasteiger partial charge in [0.2, 0.25) is 0 Å². The monoisotopic (exact) mass is 261 g/mol. The predicted octanol–water partition coefficient (Wildman–Crippen LogP) is 3.11. The van der Waals surface area contributed by atoms with Crippen LogP contribution in [-0.2, 0) is 22.4 Å². The van der Waals surface area contributed by atoms with Crippen LogP contribution >= 0.6 is 0 Å². The van der Waals surface area contributed by atoms with Crippen LogP contribution in [0.1, 0.15) is 43.7 Å². The van der Waals surface area contributed by atoms with Crippen LogP contribution in [0.4, 0.5) is 5.69 Å². The lowest BCUT2D eigenvalue weighted by Gasteiger charge is -2.24. The lowest BCUT2D eigenvalue weighted by molar-refractivity contribution is -0.145. The van der Waals surface area contributed by atoms with Crippen molar-refractivity contribution in [3.05, 3.63) is 29.3 Å². The van der Waals surface area contributed by atoms with E-state index in [1.54, 1.807) is 0 Å². The van der Waals surface area contributed by atoms with Gasteiger partial charge in [0.1, 0.15) is 0 Å². The second-order valence-electron chi connectivity index (χ2n) is 5.42. The molecule has 0 heterocycles. The lowest BCUT2D eigenvalue weighted by atomic mass is 9.82. The van der Waals surface area contributed by atoms with Gasteiger partial charge in [0.25, 0.3) is 0 Å². The number of unbranched alkanes of at least 4 members (excludes halogenated alkanes) is 1. The summed E-state index contributed by atoms with van der Waals surface area (Å²) < 4.78 is 5.23. The molecule has 0 aromatic heterocycles. The van der Waals surface area contributed by atoms with Crippen molar-refractivity contribution in [2.75, 3.05) is 12.3 Å². The highest BCUT2D eigenvalue weighted by Gasteiger charge is 2.21. The van der Waals surface area contributed by atoms with Gasteiger partial charge in [-0.25, -0.2) is 0 Å². The summed E-state index contributed by atoms with van der Waals surface area (Å²) in [4.78, 5) is 11.7. The van der Waals surface area contributed by atoms with E-state index in [-0.39, 0.29) is 5.97 Å². The molecule has 104 valence electrons. The van der Waals surface area contributed by atoms with Crippen molar-refractivity contribution in [3.8, 4) is 0 Å². The molecular formula is C16H23NO2. The fourth-order valence-electron chi connectivity index (χ4n) is 2.65. The Balaban J connectivity index is 1.86. The highest BCUT2D eigenvalue weighted by atomic mass is 16.5. The maximum Gasteiger partial charge on any atom is 0.306 e. The number of hydrogen-bond acceptors (Lipinski definition) is 3. The molecule has 1 unspecified atom stereocenters. The number of aryl methyl sites for hydroxylation is 1. The van der Waals surface area contributed by atoms with E-state index in [2.05, 4.69) is 13.0 Å². The Morgan fingerprint density at radius 3 is 3.05 bits per heavy atom. The molecule has 0 amide bonds. The predicted molar refractivity (Wildman–Crippen MR) is 76.9 cm³/mol. The minimum absolute atomic E-state index is 0.0502. The van der Waals surface area contributed by atoms with E-state index in [0.717, 1.165) is 37.8 Å². The summed E-state index contributed by atoms with van der Waals surface area (Å²) in [6.45, 7) is 2.65. The number of carbonyl (C=O) groups excluding carboxylic acids is 1. The van der Waals surface area contributed by atoms with Crippen molar-refractivity contribution < 1.29 is 9.53 Å². The van der Waals surface area contributed by atoms with Gasteiger partial charge in [-0.2, -0.15) is 0 Å². The summed E-state index contributed by atoms with van der Waals surface area (Å²) in [5, 5.41) is 0. The summed E-state index contributed by atoms with van der Waals surface area (Å²) in [5.74, 6) is 0.356. The second-order valence-corrected chi connectivity index (χ2v) is 5.42. The minimum atomic E-state index is -0.0502. The molecule has 0 saturated carbocycles. The number of nitrogen functional groups attached to an aromatic ring is 1. The van der Waals surface area contributed by atoms with E-state index in [1.165, 1.54) is 11.1 Å². The van der Waals surface area contributed by atoms with Crippen molar-refractivity contribution in [2.45, 2.75) is 45.4 Å². The Bertz CT molecular complexity index is 442. The lowest BCUT2D eigenvalue weighted by Crippen LogP contribution is -2.19. The summed E-state index contributed by atoms with van der Waals surface area (Å²) in [6.07, 6.45) is 5.61. The average molecular weight is 261 g/mol. The van der Waals surface area contributed by atoms with Crippen LogP contribution < -0.4 is 5.73 Å². The summed E-state index contributed by atoms with van der Waals surface area (Å²) in [6, 6.07) is 6.11. The smallest absolute Gasteiger partial charge is 0.306 e. The summed E-state index contributed by atoms with van der Waals surface area (Å²) in [7, 11) is 0. The zero-order valence-electron chi connectivity index (χ0n) is 11.7. The second kappa shape index (κ2) is 6.60. The van der Waals surface area contributed by atoms with Crippen molar-refractivity contribution >= 4 is 11.7 Å². The van der Waals surface area contributed by atoms with Gasteiger partial charge in [-0.1, -0.05) is 19.4 Å². The third-order valence-corrected chi connectivity index (χ3v) is 3.78. The molecule has 0 spiro atoms. The number of anilines is 1. The first-order chi connectivity index (χ1) is 9.19. The molecule has 1 atom stereocenters. The van der Waals surface area contributed by atoms with Gasteiger partial charge in [-0.3, -0.25) is 4.79 Å². The molecule has 2 rings (SSSR count). The Morgan fingerprint density at radius 1 is 1.42 bits per heavy atom. The first-order valence-electron chi connectivity index (χ1n) is 7.22. The van der Waals surface area contributed by atoms with Crippen LogP contribution in [0.5, 0.6) is 0 Å². The number of hydrogen-bond donors (Lipinski definition) is 1. The van der Waals surface area contributed by atoms with Gasteiger partial charge in [-0.05, 0) is 54.9 Å². The fourth-order valence-corrected chi connectivity index (χ4v) is 2.65. The maximum absolute atomic E-state index is 11.7. The molecular weight excluding hydrogens is 238 g/mol. The molecule has 0 aliphatic heterocycles. The highest BCUT2D eigenvalue weighted by Crippen LogP contribution is 2.29. The number of fused-ring (bicyclic) bond motifs is 1. The third kappa shape index (κ3) is 3.98. The Labute approximate surface area is 115 Å². The molecule has 1 aromatic rings. The quantitative estimate of drug-likeness (QED) is 0.503. The SMILES string of the molecule is CCCCOC(=O)CC1CCc2ccc(N)cc2C1. The molecule has 0 fully saturated rings. The number of benzene rings is 1. The zero-order valence-corrected chi connectivity index (χ0v) is 11.7. The van der Waals surface area contributed by atoms with Crippen LogP contribution in [0.2, 0.25) is 0 Å². The Morgan fingerprint density at radius 2 is 2.26 bits per heavy atom. The summed E-state index contributed by atoms with van der Waals surface area (Å²) in [5.41, 5.74) is 9.31. The van der Waals surface area contributed by atoms with Crippen molar-refractivity contribution in [3.63, 3.8) is 0 Å². The van der Waals surface area contributed by atoms with Crippen LogP contribution in [0.3, 0.4) is 0 Å². The molecule has 0 saturated heterocycles. The van der Waals surface area contributed by atoms with E-state index >= 15 is 0 Å². The largest absolute Gasteiger partial charge is 0.466 e. The normalized spacial score (nSPS) is 17.8. The Kier molecular flexibility index (Phi) is 4.83. The van der Waals surface area contributed by atoms with Gasteiger partial charge < -0.3 is 10.5 Å². The molecule has 1 aromatic carbocycles. The van der Waals surface area contributed by atoms with Crippen molar-refractivity contribution in [2.24, 2.45) is 5.92 Å². The zero-order chi connectivity index (χ0) is 13.7. The number of esters is 1. The number of carbonyl (C=O) groups is 1. The molecule has 19 heavy (non-hydrogen) atoms. The van der Waals surface area contributed by atoms with Gasteiger partial charge in [0.15, 0.2) is 0 Å². The van der Waals surface area contributed by atoms with E-state index in [4.69, 9.17) is 10.5 Å². The summed E-state index contributed by atoms with van der Waals surface area (Å²) >= 11 is 0. The molecule has 3 nitrogen and oxygen atoms in total. The van der Waals surface area contributed by atoms with Crippen molar-refractivity contribution in [1.29, 1.82) is 0 Å². The molecule has 1 aliphatic rings. The minimum Gasteiger partial charge on any atom is -0.466 e. The topological polar surface area (TPSA) is 52.3 Å². The first-order valence-corrected chi connectivity index (χ1v) is 7.22. The average Bonchev–Trinajstić information content (AvgIpc) is 2.38. The van der Waals surface area contributed by atoms with Crippen LogP contribution in [0.15, 0.2) is 18.2 Å². The first kappa shape index (κ1) is 13.9. The highest BCUT2D eigenvalue weighted by molar-refractivity contribution is 5.69. The van der Waals surface area contributed by atoms with Gasteiger partial charge >= 0.3 is 5.97 Å². The van der Waals surface area contributed by atoms with E-state index in [9.17, 15) is 4.79 Å². The van der Waals surface area contributed by atoms with Gasteiger partial charge in [0.05, 0.1) is 6.61 Å². The van der Waals surface area contributed by atoms with Gasteiger partial charge in [-0.15, -0.1) is 0 Å². The molecule has 0 radical (unpaired) electrons. The standard InChI is InChI=1S/C16H23NO2/c1-2-3-8-19-16(18)10-12-4-5-13-6-7-15(17)11-14(13)9-12/h6-7,11-12H,2-5,8-10,17H2,1H3. The van der Waals surface area contributed by atoms with Crippen molar-refractivity contribution in [1.82, 2.24) is 0 Å². The molecule has 2 N–H and O–H groups in total. The molecule has 3 heteroatoms. The Hall–Kier alpha value is -1.51. The van der Waals surface area contributed by atoms with E-state index < -0.39 is 0 Å². The van der Waals surface area contributed by atoms with Crippen LogP contribution in [0, 0.1) is 5.92 Å². The van der Waals surface area contributed by atoms with Crippen LogP contribution in [0.25, 0.3) is 0 Å². The van der Waals surface area contributed by atoms with E-state index in [1.807, 2.05) is 12.1 Å². The molecule has 1 aliphatic carbocycles. The van der Waals surface area contributed by atoms with Crippen LogP contribution in [-0.4, -0.2) is 12.6 Å².